The van der Waals surface area contributed by atoms with Gasteiger partial charge in [-0.3, -0.25) is 14.3 Å². The number of morpholine rings is 1. The molecule has 1 fully saturated rings. The van der Waals surface area contributed by atoms with Crippen molar-refractivity contribution in [2.75, 3.05) is 45.1 Å². The largest absolute Gasteiger partial charge is 0.379 e. The van der Waals surface area contributed by atoms with Gasteiger partial charge in [-0.25, -0.2) is 0 Å². The average molecular weight is 438 g/mol. The summed E-state index contributed by atoms with van der Waals surface area (Å²) in [6, 6.07) is 18.2. The topological polar surface area (TPSA) is 72.3 Å². The van der Waals surface area contributed by atoms with Crippen LogP contribution in [0.25, 0.3) is 17.1 Å². The van der Waals surface area contributed by atoms with Crippen LogP contribution in [-0.2, 0) is 9.53 Å². The maximum absolute atomic E-state index is 12.4. The van der Waals surface area contributed by atoms with E-state index in [0.717, 1.165) is 49.9 Å². The van der Waals surface area contributed by atoms with Gasteiger partial charge in [0.1, 0.15) is 0 Å². The molecule has 1 aromatic heterocycles. The molecule has 1 aliphatic heterocycles. The Labute approximate surface area is 186 Å². The third kappa shape index (κ3) is 5.72. The number of thioether (sulfide) groups is 1. The van der Waals surface area contributed by atoms with Crippen LogP contribution in [0.15, 0.2) is 59.8 Å². The van der Waals surface area contributed by atoms with Crippen molar-refractivity contribution in [2.24, 2.45) is 0 Å². The first kappa shape index (κ1) is 21.5. The van der Waals surface area contributed by atoms with Gasteiger partial charge in [0.25, 0.3) is 0 Å². The first-order chi connectivity index (χ1) is 15.2. The monoisotopic (exact) mass is 437 g/mol. The molecule has 8 heteroatoms. The highest BCUT2D eigenvalue weighted by atomic mass is 32.2. The number of benzene rings is 2. The van der Waals surface area contributed by atoms with E-state index in [2.05, 4.69) is 39.5 Å². The van der Waals surface area contributed by atoms with Gasteiger partial charge in [0.2, 0.25) is 5.91 Å². The van der Waals surface area contributed by atoms with Crippen molar-refractivity contribution in [3.8, 4) is 17.1 Å². The predicted molar refractivity (Wildman–Crippen MR) is 123 cm³/mol. The van der Waals surface area contributed by atoms with E-state index in [9.17, 15) is 4.79 Å². The summed E-state index contributed by atoms with van der Waals surface area (Å²) in [5, 5.41) is 12.5. The molecular formula is C23H27N5O2S. The number of carbonyl (C=O) groups is 1. The van der Waals surface area contributed by atoms with Crippen molar-refractivity contribution < 1.29 is 9.53 Å². The molecule has 1 aliphatic rings. The highest BCUT2D eigenvalue weighted by molar-refractivity contribution is 7.99. The quantitative estimate of drug-likeness (QED) is 0.547. The number of ether oxygens (including phenoxy) is 1. The zero-order chi connectivity index (χ0) is 21.5. The molecule has 162 valence electrons. The second-order valence-corrected chi connectivity index (χ2v) is 8.38. The Bertz CT molecular complexity index is 985. The summed E-state index contributed by atoms with van der Waals surface area (Å²) < 4.78 is 7.36. The second kappa shape index (κ2) is 10.6. The third-order valence-corrected chi connectivity index (χ3v) is 6.07. The van der Waals surface area contributed by atoms with Crippen LogP contribution in [0.1, 0.15) is 5.56 Å². The maximum Gasteiger partial charge on any atom is 0.230 e. The Hall–Kier alpha value is -2.68. The summed E-state index contributed by atoms with van der Waals surface area (Å²) in [7, 11) is 0. The number of amides is 1. The van der Waals surface area contributed by atoms with Gasteiger partial charge in [-0.1, -0.05) is 59.8 Å². The van der Waals surface area contributed by atoms with Crippen LogP contribution in [0.5, 0.6) is 0 Å². The first-order valence-corrected chi connectivity index (χ1v) is 11.5. The molecule has 0 spiro atoms. The van der Waals surface area contributed by atoms with Gasteiger partial charge in [0, 0.05) is 37.4 Å². The predicted octanol–water partition coefficient (Wildman–Crippen LogP) is 2.78. The van der Waals surface area contributed by atoms with E-state index >= 15 is 0 Å². The van der Waals surface area contributed by atoms with Crippen LogP contribution in [-0.4, -0.2) is 70.7 Å². The van der Waals surface area contributed by atoms with E-state index in [1.807, 2.05) is 47.0 Å². The van der Waals surface area contributed by atoms with E-state index in [-0.39, 0.29) is 5.91 Å². The van der Waals surface area contributed by atoms with Gasteiger partial charge in [-0.2, -0.15) is 0 Å². The molecule has 4 rings (SSSR count). The lowest BCUT2D eigenvalue weighted by molar-refractivity contribution is -0.118. The molecule has 3 aromatic rings. The maximum atomic E-state index is 12.4. The van der Waals surface area contributed by atoms with Crippen LogP contribution in [0.2, 0.25) is 0 Å². The fraction of sp³-hybridized carbons (Fsp3) is 0.348. The highest BCUT2D eigenvalue weighted by Gasteiger charge is 2.17. The zero-order valence-corrected chi connectivity index (χ0v) is 18.5. The number of rotatable bonds is 8. The third-order valence-electron chi connectivity index (χ3n) is 5.14. The number of nitrogens with one attached hydrogen (secondary N) is 1. The van der Waals surface area contributed by atoms with Crippen LogP contribution in [0.3, 0.4) is 0 Å². The second-order valence-electron chi connectivity index (χ2n) is 7.44. The molecule has 0 unspecified atom stereocenters. The SMILES string of the molecule is Cc1ccc(-c2nnc(SCC(=O)NCCN3CCOCC3)n2-c2ccccc2)cc1. The molecule has 0 radical (unpaired) electrons. The molecule has 0 saturated carbocycles. The molecule has 0 bridgehead atoms. The molecule has 31 heavy (non-hydrogen) atoms. The Morgan fingerprint density at radius 3 is 2.55 bits per heavy atom. The molecule has 1 amide bonds. The summed E-state index contributed by atoms with van der Waals surface area (Å²) in [4.78, 5) is 14.7. The number of carbonyl (C=O) groups excluding carboxylic acids is 1. The molecular weight excluding hydrogens is 410 g/mol. The normalized spacial score (nSPS) is 14.5. The average Bonchev–Trinajstić information content (AvgIpc) is 3.23. The van der Waals surface area contributed by atoms with Crippen molar-refractivity contribution >= 4 is 17.7 Å². The van der Waals surface area contributed by atoms with Crippen molar-refractivity contribution in [2.45, 2.75) is 12.1 Å². The van der Waals surface area contributed by atoms with E-state index in [0.29, 0.717) is 17.5 Å². The number of para-hydroxylation sites is 1. The Morgan fingerprint density at radius 2 is 1.81 bits per heavy atom. The summed E-state index contributed by atoms with van der Waals surface area (Å²) in [6.45, 7) is 6.92. The van der Waals surface area contributed by atoms with Gasteiger partial charge in [-0.15, -0.1) is 10.2 Å². The molecule has 1 saturated heterocycles. The van der Waals surface area contributed by atoms with Gasteiger partial charge >= 0.3 is 0 Å². The zero-order valence-electron chi connectivity index (χ0n) is 17.7. The molecule has 0 atom stereocenters. The van der Waals surface area contributed by atoms with Crippen molar-refractivity contribution in [1.82, 2.24) is 25.0 Å². The lowest BCUT2D eigenvalue weighted by Gasteiger charge is -2.26. The van der Waals surface area contributed by atoms with E-state index in [1.54, 1.807) is 0 Å². The van der Waals surface area contributed by atoms with Crippen molar-refractivity contribution in [3.63, 3.8) is 0 Å². The van der Waals surface area contributed by atoms with Crippen LogP contribution < -0.4 is 5.32 Å². The smallest absolute Gasteiger partial charge is 0.230 e. The van der Waals surface area contributed by atoms with Gasteiger partial charge in [0.05, 0.1) is 19.0 Å². The lowest BCUT2D eigenvalue weighted by Crippen LogP contribution is -2.41. The fourth-order valence-electron chi connectivity index (χ4n) is 3.42. The van der Waals surface area contributed by atoms with Gasteiger partial charge in [-0.05, 0) is 19.1 Å². The van der Waals surface area contributed by atoms with Crippen LogP contribution in [0, 0.1) is 6.92 Å². The molecule has 0 aliphatic carbocycles. The fourth-order valence-corrected chi connectivity index (χ4v) is 4.20. The first-order valence-electron chi connectivity index (χ1n) is 10.5. The minimum Gasteiger partial charge on any atom is -0.379 e. The number of hydrogen-bond acceptors (Lipinski definition) is 6. The van der Waals surface area contributed by atoms with Gasteiger partial charge < -0.3 is 10.1 Å². The van der Waals surface area contributed by atoms with E-state index in [1.165, 1.54) is 17.3 Å². The summed E-state index contributed by atoms with van der Waals surface area (Å²) in [5.74, 6) is 1.06. The lowest BCUT2D eigenvalue weighted by atomic mass is 10.1. The van der Waals surface area contributed by atoms with E-state index in [4.69, 9.17) is 4.74 Å². The summed E-state index contributed by atoms with van der Waals surface area (Å²) in [5.41, 5.74) is 3.15. The number of nitrogens with zero attached hydrogens (tertiary/aromatic N) is 4. The molecule has 2 aromatic carbocycles. The number of aryl methyl sites for hydroxylation is 1. The van der Waals surface area contributed by atoms with E-state index < -0.39 is 0 Å². The number of aromatic nitrogens is 3. The van der Waals surface area contributed by atoms with Crippen LogP contribution >= 0.6 is 11.8 Å². The van der Waals surface area contributed by atoms with Crippen LogP contribution in [0.4, 0.5) is 0 Å². The van der Waals surface area contributed by atoms with Crippen molar-refractivity contribution in [1.29, 1.82) is 0 Å². The molecule has 1 N–H and O–H groups in total. The number of hydrogen-bond donors (Lipinski definition) is 1. The Morgan fingerprint density at radius 1 is 1.06 bits per heavy atom. The molecule has 2 heterocycles. The minimum absolute atomic E-state index is 0.00208. The van der Waals surface area contributed by atoms with Gasteiger partial charge in [0.15, 0.2) is 11.0 Å². The summed E-state index contributed by atoms with van der Waals surface area (Å²) in [6.07, 6.45) is 0. The molecule has 7 nitrogen and oxygen atoms in total. The summed E-state index contributed by atoms with van der Waals surface area (Å²) >= 11 is 1.40. The van der Waals surface area contributed by atoms with Crippen molar-refractivity contribution in [3.05, 3.63) is 60.2 Å². The highest BCUT2D eigenvalue weighted by Crippen LogP contribution is 2.28. The Balaban J connectivity index is 1.43. The standard InChI is InChI=1S/C23H27N5O2S/c1-18-7-9-19(10-8-18)22-25-26-23(28(22)20-5-3-2-4-6-20)31-17-21(29)24-11-12-27-13-15-30-16-14-27/h2-10H,11-17H2,1H3,(H,24,29). The minimum atomic E-state index is -0.00208. The Kier molecular flexibility index (Phi) is 7.35.